The summed E-state index contributed by atoms with van der Waals surface area (Å²) >= 11 is 0. The van der Waals surface area contributed by atoms with Crippen LogP contribution in [0.3, 0.4) is 0 Å². The fraction of sp³-hybridized carbons (Fsp3) is 0.444. The van der Waals surface area contributed by atoms with Gasteiger partial charge in [-0.3, -0.25) is 9.59 Å². The second-order valence-corrected chi connectivity index (χ2v) is 4.15. The zero-order valence-electron chi connectivity index (χ0n) is 9.67. The molecule has 1 saturated heterocycles. The Morgan fingerprint density at radius 1 is 1.44 bits per heavy atom. The van der Waals surface area contributed by atoms with Gasteiger partial charge in [0.2, 0.25) is 0 Å². The second-order valence-electron chi connectivity index (χ2n) is 4.15. The maximum atomic E-state index is 11.8. The number of carbonyl (C=O) groups excluding carboxylic acids is 3. The summed E-state index contributed by atoms with van der Waals surface area (Å²) in [7, 11) is 0. The predicted octanol–water partition coefficient (Wildman–Crippen LogP) is -0.574. The number of imide groups is 1. The molecule has 0 aliphatic carbocycles. The average Bonchev–Trinajstić information content (AvgIpc) is 2.78. The van der Waals surface area contributed by atoms with Gasteiger partial charge in [0.15, 0.2) is 11.4 Å². The van der Waals surface area contributed by atoms with E-state index in [9.17, 15) is 14.4 Å². The van der Waals surface area contributed by atoms with Crippen molar-refractivity contribution in [2.45, 2.75) is 26.0 Å². The number of hydrogen-bond donors (Lipinski definition) is 1. The van der Waals surface area contributed by atoms with Crippen molar-refractivity contribution in [3.8, 4) is 0 Å². The van der Waals surface area contributed by atoms with Crippen LogP contribution in [0.1, 0.15) is 30.4 Å². The lowest BCUT2D eigenvalue weighted by Crippen LogP contribution is -2.36. The summed E-state index contributed by atoms with van der Waals surface area (Å²) in [6.45, 7) is 2.70. The summed E-state index contributed by atoms with van der Waals surface area (Å²) in [6, 6.07) is 0. The van der Waals surface area contributed by atoms with Gasteiger partial charge in [0.1, 0.15) is 0 Å². The average molecular weight is 254 g/mol. The third-order valence-corrected chi connectivity index (χ3v) is 2.30. The molecular weight excluding hydrogens is 244 g/mol. The largest absolute Gasteiger partial charge is 0.433 e. The molecule has 1 fully saturated rings. The van der Waals surface area contributed by atoms with Crippen LogP contribution in [0.2, 0.25) is 0 Å². The Balaban J connectivity index is 2.16. The van der Waals surface area contributed by atoms with E-state index in [1.54, 1.807) is 0 Å². The number of rotatable bonds is 3. The van der Waals surface area contributed by atoms with Crippen LogP contribution in [0.5, 0.6) is 0 Å². The first-order chi connectivity index (χ1) is 8.31. The smallest absolute Gasteiger partial charge is 0.418 e. The molecule has 9 heteroatoms. The fourth-order valence-electron chi connectivity index (χ4n) is 1.42. The zero-order valence-corrected chi connectivity index (χ0v) is 9.67. The van der Waals surface area contributed by atoms with Crippen LogP contribution in [0.4, 0.5) is 4.79 Å². The minimum absolute atomic E-state index is 0.00759. The van der Waals surface area contributed by atoms with E-state index in [2.05, 4.69) is 14.7 Å². The molecule has 0 spiro atoms. The first-order valence-electron chi connectivity index (χ1n) is 4.98. The first-order valence-corrected chi connectivity index (χ1v) is 4.98. The Hall–Kier alpha value is -2.45. The van der Waals surface area contributed by atoms with Crippen LogP contribution in [0.25, 0.3) is 0 Å². The highest BCUT2D eigenvalue weighted by Crippen LogP contribution is 2.24. The van der Waals surface area contributed by atoms with Gasteiger partial charge in [0.05, 0.1) is 6.54 Å². The topological polar surface area (TPSA) is 129 Å². The van der Waals surface area contributed by atoms with E-state index >= 15 is 0 Å². The summed E-state index contributed by atoms with van der Waals surface area (Å²) in [5.74, 6) is -1.79. The number of amides is 3. The van der Waals surface area contributed by atoms with E-state index in [0.29, 0.717) is 0 Å². The van der Waals surface area contributed by atoms with E-state index in [0.717, 1.165) is 4.90 Å². The SMILES string of the molecule is CC1(C)OC(=O)N(Cc2noc(C(N)=O)n2)C1=O. The van der Waals surface area contributed by atoms with Gasteiger partial charge in [-0.25, -0.2) is 9.69 Å². The molecule has 0 bridgehead atoms. The van der Waals surface area contributed by atoms with Gasteiger partial charge in [-0.2, -0.15) is 4.98 Å². The molecule has 1 aliphatic rings. The quantitative estimate of drug-likeness (QED) is 0.764. The molecule has 9 nitrogen and oxygen atoms in total. The fourth-order valence-corrected chi connectivity index (χ4v) is 1.42. The maximum Gasteiger partial charge on any atom is 0.418 e. The van der Waals surface area contributed by atoms with Crippen LogP contribution in [0, 0.1) is 0 Å². The molecule has 2 N–H and O–H groups in total. The first kappa shape index (κ1) is 12.0. The van der Waals surface area contributed by atoms with Crippen LogP contribution < -0.4 is 5.73 Å². The Morgan fingerprint density at radius 3 is 2.56 bits per heavy atom. The van der Waals surface area contributed by atoms with Gasteiger partial charge >= 0.3 is 17.9 Å². The zero-order chi connectivity index (χ0) is 13.5. The number of nitrogens with two attached hydrogens (primary N) is 1. The number of aromatic nitrogens is 2. The van der Waals surface area contributed by atoms with Crippen LogP contribution >= 0.6 is 0 Å². The molecular formula is C9H10N4O5. The van der Waals surface area contributed by atoms with Crippen LogP contribution in [0.15, 0.2) is 4.52 Å². The van der Waals surface area contributed by atoms with Gasteiger partial charge < -0.3 is 15.0 Å². The molecule has 0 saturated carbocycles. The molecule has 3 amide bonds. The molecule has 1 aromatic rings. The Kier molecular flexibility index (Phi) is 2.53. The summed E-state index contributed by atoms with van der Waals surface area (Å²) in [5.41, 5.74) is 3.71. The molecule has 1 aromatic heterocycles. The highest BCUT2D eigenvalue weighted by Gasteiger charge is 2.47. The van der Waals surface area contributed by atoms with Crippen molar-refractivity contribution in [2.75, 3.05) is 0 Å². The van der Waals surface area contributed by atoms with Crippen molar-refractivity contribution >= 4 is 17.9 Å². The van der Waals surface area contributed by atoms with Crippen LogP contribution in [-0.2, 0) is 16.1 Å². The van der Waals surface area contributed by atoms with E-state index in [1.807, 2.05) is 0 Å². The summed E-state index contributed by atoms with van der Waals surface area (Å²) in [4.78, 5) is 38.4. The molecule has 0 radical (unpaired) electrons. The minimum atomic E-state index is -1.21. The van der Waals surface area contributed by atoms with Gasteiger partial charge in [-0.05, 0) is 13.8 Å². The lowest BCUT2D eigenvalue weighted by Gasteiger charge is -2.12. The lowest BCUT2D eigenvalue weighted by atomic mass is 10.1. The summed E-state index contributed by atoms with van der Waals surface area (Å²) < 4.78 is 9.39. The molecule has 18 heavy (non-hydrogen) atoms. The van der Waals surface area contributed by atoms with E-state index in [4.69, 9.17) is 10.5 Å². The number of cyclic esters (lactones) is 1. The third kappa shape index (κ3) is 1.90. The Morgan fingerprint density at radius 2 is 2.11 bits per heavy atom. The highest BCUT2D eigenvalue weighted by molar-refractivity contribution is 6.02. The van der Waals surface area contributed by atoms with Crippen molar-refractivity contribution in [3.05, 3.63) is 11.7 Å². The highest BCUT2D eigenvalue weighted by atomic mass is 16.6. The minimum Gasteiger partial charge on any atom is -0.433 e. The number of nitrogens with zero attached hydrogens (tertiary/aromatic N) is 3. The van der Waals surface area contributed by atoms with Gasteiger partial charge in [-0.1, -0.05) is 5.16 Å². The summed E-state index contributed by atoms with van der Waals surface area (Å²) in [5, 5.41) is 3.43. The van der Waals surface area contributed by atoms with Crippen molar-refractivity contribution in [3.63, 3.8) is 0 Å². The number of carbonyl (C=O) groups is 3. The lowest BCUT2D eigenvalue weighted by molar-refractivity contribution is -0.135. The van der Waals surface area contributed by atoms with E-state index < -0.39 is 23.5 Å². The monoisotopic (exact) mass is 254 g/mol. The van der Waals surface area contributed by atoms with Gasteiger partial charge in [-0.15, -0.1) is 0 Å². The molecule has 0 aromatic carbocycles. The molecule has 1 aliphatic heterocycles. The number of hydrogen-bond acceptors (Lipinski definition) is 7. The molecule has 96 valence electrons. The van der Waals surface area contributed by atoms with E-state index in [-0.39, 0.29) is 18.3 Å². The Labute approximate surface area is 101 Å². The third-order valence-electron chi connectivity index (χ3n) is 2.30. The maximum absolute atomic E-state index is 11.8. The van der Waals surface area contributed by atoms with Gasteiger partial charge in [0, 0.05) is 0 Å². The molecule has 0 atom stereocenters. The molecule has 2 rings (SSSR count). The number of primary amides is 1. The van der Waals surface area contributed by atoms with Crippen molar-refractivity contribution in [1.29, 1.82) is 0 Å². The van der Waals surface area contributed by atoms with Crippen molar-refractivity contribution in [2.24, 2.45) is 5.73 Å². The second kappa shape index (κ2) is 3.79. The predicted molar refractivity (Wildman–Crippen MR) is 53.9 cm³/mol. The van der Waals surface area contributed by atoms with E-state index in [1.165, 1.54) is 13.8 Å². The normalized spacial score (nSPS) is 18.0. The van der Waals surface area contributed by atoms with Crippen molar-refractivity contribution < 1.29 is 23.6 Å². The molecule has 2 heterocycles. The van der Waals surface area contributed by atoms with Crippen molar-refractivity contribution in [1.82, 2.24) is 15.0 Å². The van der Waals surface area contributed by atoms with Crippen LogP contribution in [-0.4, -0.2) is 38.5 Å². The standard InChI is InChI=1S/C9H10N4O5/c1-9(2)7(15)13(8(16)17-9)3-4-11-6(5(10)14)18-12-4/h3H2,1-2H3,(H2,10,14). The number of ether oxygens (including phenoxy) is 1. The Bertz CT molecular complexity index is 535. The molecule has 0 unspecified atom stereocenters. The van der Waals surface area contributed by atoms with Gasteiger partial charge in [0.25, 0.3) is 5.91 Å². The summed E-state index contributed by atoms with van der Waals surface area (Å²) in [6.07, 6.45) is -0.796.